The van der Waals surface area contributed by atoms with Crippen LogP contribution in [0, 0.1) is 5.92 Å². The van der Waals surface area contributed by atoms with Crippen LogP contribution in [0.5, 0.6) is 0 Å². The number of rotatable bonds is 2. The molecule has 2 atom stereocenters. The number of hydrogen-bond donors (Lipinski definition) is 2. The summed E-state index contributed by atoms with van der Waals surface area (Å²) >= 11 is 0. The molecule has 2 heterocycles. The number of fused-ring (bicyclic) bond motifs is 1. The molecule has 0 spiro atoms. The van der Waals surface area contributed by atoms with Crippen LogP contribution in [0.25, 0.3) is 0 Å². The van der Waals surface area contributed by atoms with Gasteiger partial charge in [0.25, 0.3) is 0 Å². The summed E-state index contributed by atoms with van der Waals surface area (Å²) in [5.74, 6) is 0.841. The molecule has 0 amide bonds. The number of hydrogen-bond acceptors (Lipinski definition) is 4. The highest BCUT2D eigenvalue weighted by Gasteiger charge is 2.28. The predicted molar refractivity (Wildman–Crippen MR) is 70.2 cm³/mol. The van der Waals surface area contributed by atoms with E-state index in [1.54, 1.807) is 0 Å². The molecule has 5 nitrogen and oxygen atoms in total. The Morgan fingerprint density at radius 1 is 1.37 bits per heavy atom. The number of aromatic nitrogens is 2. The van der Waals surface area contributed by atoms with Crippen LogP contribution in [0.4, 0.5) is 0 Å². The second-order valence-electron chi connectivity index (χ2n) is 5.70. The van der Waals surface area contributed by atoms with E-state index in [0.29, 0.717) is 24.8 Å². The fourth-order valence-corrected chi connectivity index (χ4v) is 3.18. The molecule has 1 aromatic heterocycles. The van der Waals surface area contributed by atoms with Crippen LogP contribution in [0.3, 0.4) is 0 Å². The molecule has 1 aliphatic carbocycles. The maximum Gasteiger partial charge on any atom is 0.354 e. The number of carbonyl (C=O) groups is 1. The van der Waals surface area contributed by atoms with Gasteiger partial charge in [-0.3, -0.25) is 0 Å². The lowest BCUT2D eigenvalue weighted by atomic mass is 10.0. The average Bonchev–Trinajstić information content (AvgIpc) is 2.84. The quantitative estimate of drug-likeness (QED) is 0.848. The topological polar surface area (TPSA) is 75.1 Å². The zero-order chi connectivity index (χ0) is 13.4. The Labute approximate surface area is 112 Å². The van der Waals surface area contributed by atoms with E-state index in [4.69, 9.17) is 0 Å². The summed E-state index contributed by atoms with van der Waals surface area (Å²) in [5.41, 5.74) is 1.93. The summed E-state index contributed by atoms with van der Waals surface area (Å²) in [6, 6.07) is 0. The molecule has 1 aromatic rings. The van der Waals surface area contributed by atoms with Crippen molar-refractivity contribution in [1.29, 1.82) is 0 Å². The van der Waals surface area contributed by atoms with Gasteiger partial charge in [0, 0.05) is 18.0 Å². The lowest BCUT2D eigenvalue weighted by Gasteiger charge is -2.20. The largest absolute Gasteiger partial charge is 0.477 e. The SMILES string of the molecule is CC1CCC(c2nc3c(c(C(=O)O)n2)CCNC3)C1. The highest BCUT2D eigenvalue weighted by atomic mass is 16.4. The molecule has 102 valence electrons. The Kier molecular flexibility index (Phi) is 3.22. The second kappa shape index (κ2) is 4.89. The highest BCUT2D eigenvalue weighted by molar-refractivity contribution is 5.87. The average molecular weight is 261 g/mol. The monoisotopic (exact) mass is 261 g/mol. The summed E-state index contributed by atoms with van der Waals surface area (Å²) in [4.78, 5) is 20.4. The van der Waals surface area contributed by atoms with Crippen LogP contribution < -0.4 is 5.32 Å². The molecular formula is C14H19N3O2. The highest BCUT2D eigenvalue weighted by Crippen LogP contribution is 2.37. The van der Waals surface area contributed by atoms with Gasteiger partial charge in [-0.05, 0) is 38.1 Å². The molecule has 0 saturated heterocycles. The molecule has 19 heavy (non-hydrogen) atoms. The zero-order valence-electron chi connectivity index (χ0n) is 11.1. The molecule has 1 saturated carbocycles. The first-order valence-electron chi connectivity index (χ1n) is 6.99. The molecule has 1 aliphatic heterocycles. The summed E-state index contributed by atoms with van der Waals surface area (Å²) < 4.78 is 0. The molecular weight excluding hydrogens is 242 g/mol. The lowest BCUT2D eigenvalue weighted by Crippen LogP contribution is -2.28. The van der Waals surface area contributed by atoms with Crippen molar-refractivity contribution < 1.29 is 9.90 Å². The second-order valence-corrected chi connectivity index (χ2v) is 5.70. The fraction of sp³-hybridized carbons (Fsp3) is 0.643. The minimum atomic E-state index is -0.923. The number of nitrogens with one attached hydrogen (secondary N) is 1. The smallest absolute Gasteiger partial charge is 0.354 e. The molecule has 2 N–H and O–H groups in total. The van der Waals surface area contributed by atoms with Crippen LogP contribution in [-0.2, 0) is 13.0 Å². The minimum absolute atomic E-state index is 0.223. The summed E-state index contributed by atoms with van der Waals surface area (Å²) in [7, 11) is 0. The molecule has 5 heteroatoms. The van der Waals surface area contributed by atoms with Crippen molar-refractivity contribution >= 4 is 5.97 Å². The Balaban J connectivity index is 2.01. The van der Waals surface area contributed by atoms with Crippen molar-refractivity contribution in [2.24, 2.45) is 5.92 Å². The third-order valence-electron chi connectivity index (χ3n) is 4.22. The molecule has 0 radical (unpaired) electrons. The van der Waals surface area contributed by atoms with Gasteiger partial charge >= 0.3 is 5.97 Å². The Bertz CT molecular complexity index is 516. The molecule has 0 aromatic carbocycles. The van der Waals surface area contributed by atoms with Gasteiger partial charge in [-0.15, -0.1) is 0 Å². The molecule has 3 rings (SSSR count). The van der Waals surface area contributed by atoms with E-state index in [1.165, 1.54) is 6.42 Å². The van der Waals surface area contributed by atoms with Gasteiger partial charge in [0.15, 0.2) is 5.69 Å². The van der Waals surface area contributed by atoms with Gasteiger partial charge < -0.3 is 10.4 Å². The van der Waals surface area contributed by atoms with Crippen molar-refractivity contribution in [2.75, 3.05) is 6.54 Å². The van der Waals surface area contributed by atoms with Crippen LogP contribution in [-0.4, -0.2) is 27.6 Å². The zero-order valence-corrected chi connectivity index (χ0v) is 11.1. The molecule has 0 bridgehead atoms. The van der Waals surface area contributed by atoms with E-state index in [0.717, 1.165) is 36.5 Å². The molecule has 1 fully saturated rings. The van der Waals surface area contributed by atoms with Crippen molar-refractivity contribution in [3.05, 3.63) is 22.8 Å². The van der Waals surface area contributed by atoms with E-state index in [9.17, 15) is 9.90 Å². The minimum Gasteiger partial charge on any atom is -0.477 e. The Morgan fingerprint density at radius 2 is 2.21 bits per heavy atom. The van der Waals surface area contributed by atoms with Crippen LogP contribution >= 0.6 is 0 Å². The van der Waals surface area contributed by atoms with E-state index >= 15 is 0 Å². The first kappa shape index (κ1) is 12.5. The van der Waals surface area contributed by atoms with Crippen LogP contribution in [0.2, 0.25) is 0 Å². The van der Waals surface area contributed by atoms with Gasteiger partial charge in [0.2, 0.25) is 0 Å². The normalized spacial score (nSPS) is 26.2. The van der Waals surface area contributed by atoms with Crippen molar-refractivity contribution in [2.45, 2.75) is 45.1 Å². The third-order valence-corrected chi connectivity index (χ3v) is 4.22. The summed E-state index contributed by atoms with van der Waals surface area (Å²) in [5, 5.41) is 12.6. The maximum atomic E-state index is 11.4. The van der Waals surface area contributed by atoms with Gasteiger partial charge in [-0.25, -0.2) is 14.8 Å². The first-order valence-corrected chi connectivity index (χ1v) is 6.99. The Morgan fingerprint density at radius 3 is 2.89 bits per heavy atom. The first-order chi connectivity index (χ1) is 9.15. The Hall–Kier alpha value is -1.49. The number of carboxylic acids is 1. The van der Waals surface area contributed by atoms with Crippen molar-refractivity contribution in [1.82, 2.24) is 15.3 Å². The van der Waals surface area contributed by atoms with E-state index in [1.807, 2.05) is 0 Å². The van der Waals surface area contributed by atoms with Crippen molar-refractivity contribution in [3.8, 4) is 0 Å². The van der Waals surface area contributed by atoms with E-state index in [-0.39, 0.29) is 5.69 Å². The fourth-order valence-electron chi connectivity index (χ4n) is 3.18. The van der Waals surface area contributed by atoms with Crippen LogP contribution in [0.15, 0.2) is 0 Å². The summed E-state index contributed by atoms with van der Waals surface area (Å²) in [6.45, 7) is 3.70. The van der Waals surface area contributed by atoms with Gasteiger partial charge in [0.05, 0.1) is 5.69 Å². The van der Waals surface area contributed by atoms with Gasteiger partial charge in [-0.2, -0.15) is 0 Å². The van der Waals surface area contributed by atoms with Crippen LogP contribution in [0.1, 0.15) is 59.7 Å². The molecule has 2 unspecified atom stereocenters. The molecule has 2 aliphatic rings. The standard InChI is InChI=1S/C14H19N3O2/c1-8-2-3-9(6-8)13-16-11-7-15-5-4-10(11)12(17-13)14(18)19/h8-9,15H,2-7H2,1H3,(H,18,19). The number of carboxylic acid groups (broad SMARTS) is 1. The maximum absolute atomic E-state index is 11.4. The third kappa shape index (κ3) is 2.34. The van der Waals surface area contributed by atoms with E-state index < -0.39 is 5.97 Å². The lowest BCUT2D eigenvalue weighted by molar-refractivity contribution is 0.0688. The van der Waals surface area contributed by atoms with Gasteiger partial charge in [-0.1, -0.05) is 6.92 Å². The predicted octanol–water partition coefficient (Wildman–Crippen LogP) is 1.72. The van der Waals surface area contributed by atoms with Gasteiger partial charge in [0.1, 0.15) is 5.82 Å². The van der Waals surface area contributed by atoms with E-state index in [2.05, 4.69) is 22.2 Å². The number of nitrogens with zero attached hydrogens (tertiary/aromatic N) is 2. The van der Waals surface area contributed by atoms with Crippen molar-refractivity contribution in [3.63, 3.8) is 0 Å². The number of aromatic carboxylic acids is 1. The summed E-state index contributed by atoms with van der Waals surface area (Å²) in [6.07, 6.45) is 4.04.